The van der Waals surface area contributed by atoms with Crippen LogP contribution in [-0.2, 0) is 16.6 Å². The summed E-state index contributed by atoms with van der Waals surface area (Å²) in [5.41, 5.74) is 0.332. The van der Waals surface area contributed by atoms with Gasteiger partial charge in [0.2, 0.25) is 5.95 Å². The first-order chi connectivity index (χ1) is 17.6. The van der Waals surface area contributed by atoms with Crippen LogP contribution in [0.5, 0.6) is 5.75 Å². The highest BCUT2D eigenvalue weighted by molar-refractivity contribution is 7.92. The highest BCUT2D eigenvalue weighted by Crippen LogP contribution is 2.48. The third-order valence-electron chi connectivity index (χ3n) is 4.63. The summed E-state index contributed by atoms with van der Waals surface area (Å²) < 4.78 is 38.3. The largest absolute Gasteiger partial charge is 0.482 e. The number of nitrogens with zero attached hydrogens (tertiary/aromatic N) is 2. The normalized spacial score (nSPS) is 11.3. The molecule has 0 saturated heterocycles. The molecular formula is C22H13Cl5N4O5S. The summed E-state index contributed by atoms with van der Waals surface area (Å²) in [6, 6.07) is 9.98. The molecule has 0 atom stereocenters. The number of nitrogens with one attached hydrogen (secondary N) is 2. The molecule has 0 fully saturated rings. The molecule has 0 aliphatic rings. The number of benzene rings is 2. The molecule has 15 heteroatoms. The van der Waals surface area contributed by atoms with Crippen molar-refractivity contribution in [2.45, 2.75) is 11.5 Å². The van der Waals surface area contributed by atoms with Crippen molar-refractivity contribution in [3.63, 3.8) is 0 Å². The van der Waals surface area contributed by atoms with Gasteiger partial charge in [-0.1, -0.05) is 58.0 Å². The number of ether oxygens (including phenoxy) is 1. The molecule has 0 unspecified atom stereocenters. The predicted octanol–water partition coefficient (Wildman–Crippen LogP) is 6.97. The van der Waals surface area contributed by atoms with Crippen LogP contribution < -0.4 is 14.8 Å². The summed E-state index contributed by atoms with van der Waals surface area (Å²) in [6.07, 6.45) is 2.81. The van der Waals surface area contributed by atoms with E-state index in [4.69, 9.17) is 67.2 Å². The first-order valence-corrected chi connectivity index (χ1v) is 13.4. The minimum absolute atomic E-state index is 0.00487. The van der Waals surface area contributed by atoms with Crippen molar-refractivity contribution < 1.29 is 22.4 Å². The Hall–Kier alpha value is -2.73. The number of aromatic nitrogens is 2. The van der Waals surface area contributed by atoms with Gasteiger partial charge in [0, 0.05) is 18.1 Å². The molecule has 1 amide bonds. The number of halogens is 5. The van der Waals surface area contributed by atoms with Crippen LogP contribution in [0.4, 0.5) is 11.6 Å². The van der Waals surface area contributed by atoms with Gasteiger partial charge >= 0.3 is 0 Å². The lowest BCUT2D eigenvalue weighted by atomic mass is 10.3. The zero-order chi connectivity index (χ0) is 26.7. The molecule has 2 heterocycles. The predicted molar refractivity (Wildman–Crippen MR) is 142 cm³/mol. The van der Waals surface area contributed by atoms with Crippen LogP contribution in [0, 0.1) is 0 Å². The van der Waals surface area contributed by atoms with Gasteiger partial charge in [0.15, 0.2) is 11.5 Å². The van der Waals surface area contributed by atoms with E-state index in [9.17, 15) is 13.2 Å². The molecule has 37 heavy (non-hydrogen) atoms. The number of sulfonamides is 1. The number of hydrogen-bond donors (Lipinski definition) is 2. The quantitative estimate of drug-likeness (QED) is 0.161. The van der Waals surface area contributed by atoms with Gasteiger partial charge in [-0.3, -0.25) is 4.79 Å². The van der Waals surface area contributed by atoms with Crippen molar-refractivity contribution in [3.8, 4) is 5.75 Å². The van der Waals surface area contributed by atoms with E-state index in [1.807, 2.05) is 0 Å². The van der Waals surface area contributed by atoms with Gasteiger partial charge in [0.1, 0.15) is 22.4 Å². The summed E-state index contributed by atoms with van der Waals surface area (Å²) in [5, 5.41) is 2.52. The van der Waals surface area contributed by atoms with Crippen molar-refractivity contribution in [1.82, 2.24) is 9.97 Å². The Balaban J connectivity index is 1.39. The Morgan fingerprint density at radius 1 is 0.865 bits per heavy atom. The fraction of sp³-hybridized carbons (Fsp3) is 0.0455. The lowest BCUT2D eigenvalue weighted by Gasteiger charge is -2.12. The zero-order valence-corrected chi connectivity index (χ0v) is 22.7. The lowest BCUT2D eigenvalue weighted by molar-refractivity contribution is 0.0992. The molecule has 0 aliphatic carbocycles. The molecule has 192 valence electrons. The number of anilines is 2. The minimum atomic E-state index is -3.91. The van der Waals surface area contributed by atoms with E-state index in [1.165, 1.54) is 48.8 Å². The third kappa shape index (κ3) is 6.23. The summed E-state index contributed by atoms with van der Waals surface area (Å²) in [7, 11) is -3.91. The van der Waals surface area contributed by atoms with Gasteiger partial charge in [-0.05, 0) is 42.5 Å². The first kappa shape index (κ1) is 27.3. The van der Waals surface area contributed by atoms with Gasteiger partial charge in [-0.25, -0.2) is 23.1 Å². The van der Waals surface area contributed by atoms with Crippen LogP contribution in [0.3, 0.4) is 0 Å². The fourth-order valence-corrected chi connectivity index (χ4v) is 5.06. The van der Waals surface area contributed by atoms with Gasteiger partial charge in [0.05, 0.1) is 20.0 Å². The van der Waals surface area contributed by atoms with Crippen LogP contribution in [-0.4, -0.2) is 24.3 Å². The van der Waals surface area contributed by atoms with Crippen LogP contribution in [0.1, 0.15) is 16.3 Å². The molecule has 0 aliphatic heterocycles. The highest BCUT2D eigenvalue weighted by Gasteiger charge is 2.21. The van der Waals surface area contributed by atoms with Crippen LogP contribution in [0.25, 0.3) is 0 Å². The third-order valence-corrected chi connectivity index (χ3v) is 8.21. The van der Waals surface area contributed by atoms with Crippen LogP contribution >= 0.6 is 58.0 Å². The monoisotopic (exact) mass is 620 g/mol. The topological polar surface area (TPSA) is 123 Å². The average molecular weight is 623 g/mol. The van der Waals surface area contributed by atoms with Gasteiger partial charge in [0.25, 0.3) is 15.9 Å². The van der Waals surface area contributed by atoms with Crippen molar-refractivity contribution in [1.29, 1.82) is 0 Å². The summed E-state index contributed by atoms with van der Waals surface area (Å²) in [6.45, 7) is -0.147. The second-order valence-corrected chi connectivity index (χ2v) is 10.7. The van der Waals surface area contributed by atoms with E-state index in [0.717, 1.165) is 0 Å². The average Bonchev–Trinajstić information content (AvgIpc) is 3.36. The van der Waals surface area contributed by atoms with E-state index in [2.05, 4.69) is 20.0 Å². The van der Waals surface area contributed by atoms with Gasteiger partial charge < -0.3 is 14.5 Å². The maximum absolute atomic E-state index is 12.6. The number of carbonyl (C=O) groups excluding carboxylic acids is 1. The highest BCUT2D eigenvalue weighted by atomic mass is 35.5. The van der Waals surface area contributed by atoms with Gasteiger partial charge in [-0.15, -0.1) is 0 Å². The lowest BCUT2D eigenvalue weighted by Crippen LogP contribution is -2.15. The Labute approximate surface area is 235 Å². The Bertz CT molecular complexity index is 1540. The molecule has 9 nitrogen and oxygen atoms in total. The van der Waals surface area contributed by atoms with E-state index in [-0.39, 0.29) is 59.8 Å². The van der Waals surface area contributed by atoms with E-state index >= 15 is 0 Å². The van der Waals surface area contributed by atoms with Gasteiger partial charge in [-0.2, -0.15) is 0 Å². The van der Waals surface area contributed by atoms with Crippen LogP contribution in [0.15, 0.2) is 64.2 Å². The zero-order valence-electron chi connectivity index (χ0n) is 18.1. The molecule has 0 spiro atoms. The molecule has 4 rings (SSSR count). The molecule has 2 N–H and O–H groups in total. The standard InChI is InChI=1S/C22H13Cl5N4O5S/c23-15-16(24)18(26)20(19(27)17(15)25)35-10-12-4-7-14(36-12)21(32)30-11-2-5-13(6-3-11)37(33,34)31-22-28-8-1-9-29-22/h1-9H,10H2,(H,30,32)(H,28,29,31). The molecule has 2 aromatic heterocycles. The summed E-state index contributed by atoms with van der Waals surface area (Å²) in [5.74, 6) is -0.387. The Morgan fingerprint density at radius 3 is 2.08 bits per heavy atom. The van der Waals surface area contributed by atoms with E-state index < -0.39 is 15.9 Å². The van der Waals surface area contributed by atoms with Crippen LogP contribution in [0.2, 0.25) is 25.1 Å². The second kappa shape index (κ2) is 11.3. The summed E-state index contributed by atoms with van der Waals surface area (Å²) >= 11 is 30.3. The number of amides is 1. The van der Waals surface area contributed by atoms with Crippen molar-refractivity contribution in [2.75, 3.05) is 10.0 Å². The molecule has 0 saturated carbocycles. The SMILES string of the molecule is O=C(Nc1ccc(S(=O)(=O)Nc2ncccn2)cc1)c1ccc(COc2c(Cl)c(Cl)c(Cl)c(Cl)c2Cl)o1. The van der Waals surface area contributed by atoms with Crippen molar-refractivity contribution in [3.05, 3.63) is 91.5 Å². The maximum Gasteiger partial charge on any atom is 0.291 e. The fourth-order valence-electron chi connectivity index (χ4n) is 2.87. The molecule has 2 aromatic carbocycles. The molecular weight excluding hydrogens is 610 g/mol. The Kier molecular flexibility index (Phi) is 8.37. The minimum Gasteiger partial charge on any atom is -0.482 e. The van der Waals surface area contributed by atoms with Crippen molar-refractivity contribution >= 4 is 85.6 Å². The van der Waals surface area contributed by atoms with E-state index in [0.29, 0.717) is 5.69 Å². The second-order valence-electron chi connectivity index (χ2n) is 7.11. The smallest absolute Gasteiger partial charge is 0.291 e. The first-order valence-electron chi connectivity index (χ1n) is 10.0. The maximum atomic E-state index is 12.6. The van der Waals surface area contributed by atoms with Crippen molar-refractivity contribution in [2.24, 2.45) is 0 Å². The van der Waals surface area contributed by atoms with E-state index in [1.54, 1.807) is 6.07 Å². The molecule has 0 radical (unpaired) electrons. The summed E-state index contributed by atoms with van der Waals surface area (Å²) in [4.78, 5) is 20.2. The molecule has 0 bridgehead atoms. The number of furan rings is 1. The Morgan fingerprint density at radius 2 is 1.46 bits per heavy atom. The number of hydrogen-bond acceptors (Lipinski definition) is 7. The molecule has 4 aromatic rings. The number of rotatable bonds is 8. The number of carbonyl (C=O) groups is 1.